The summed E-state index contributed by atoms with van der Waals surface area (Å²) in [6.07, 6.45) is 0.650. The van der Waals surface area contributed by atoms with Crippen molar-refractivity contribution in [3.8, 4) is 11.5 Å². The molecule has 0 atom stereocenters. The van der Waals surface area contributed by atoms with Crippen LogP contribution in [0.15, 0.2) is 77.3 Å². The lowest BCUT2D eigenvalue weighted by Crippen LogP contribution is -2.18. The van der Waals surface area contributed by atoms with Crippen LogP contribution in [0.1, 0.15) is 42.3 Å². The summed E-state index contributed by atoms with van der Waals surface area (Å²) in [7, 11) is 0. The highest BCUT2D eigenvalue weighted by atomic mass is 79.9. The maximum atomic E-state index is 12.2. The fourth-order valence-corrected chi connectivity index (χ4v) is 3.52. The van der Waals surface area contributed by atoms with Gasteiger partial charge >= 0.3 is 11.9 Å². The second-order valence-corrected chi connectivity index (χ2v) is 9.41. The summed E-state index contributed by atoms with van der Waals surface area (Å²) in [5.41, 5.74) is 2.66. The molecule has 0 saturated carbocycles. The zero-order chi connectivity index (χ0) is 23.8. The molecule has 0 N–H and O–H groups in total. The second kappa shape index (κ2) is 11.1. The molecule has 0 saturated heterocycles. The van der Waals surface area contributed by atoms with Crippen molar-refractivity contribution in [3.63, 3.8) is 0 Å². The van der Waals surface area contributed by atoms with Crippen molar-refractivity contribution in [1.82, 2.24) is 0 Å². The number of rotatable bonds is 8. The fraction of sp³-hybridized carbons (Fsp3) is 0.259. The Labute approximate surface area is 202 Å². The van der Waals surface area contributed by atoms with Crippen molar-refractivity contribution in [2.75, 3.05) is 13.2 Å². The zero-order valence-electron chi connectivity index (χ0n) is 19.0. The van der Waals surface area contributed by atoms with Crippen LogP contribution >= 0.6 is 15.9 Å². The van der Waals surface area contributed by atoms with Crippen molar-refractivity contribution < 1.29 is 23.8 Å². The average Bonchev–Trinajstić information content (AvgIpc) is 2.78. The first-order valence-electron chi connectivity index (χ1n) is 10.7. The topological polar surface area (TPSA) is 61.8 Å². The number of carbonyl (C=O) groups is 2. The van der Waals surface area contributed by atoms with Crippen LogP contribution in [-0.2, 0) is 21.4 Å². The minimum absolute atomic E-state index is 0.0143. The molecule has 3 aromatic carbocycles. The van der Waals surface area contributed by atoms with Gasteiger partial charge in [-0.15, -0.1) is 0 Å². The van der Waals surface area contributed by atoms with Gasteiger partial charge in [-0.05, 0) is 68.9 Å². The van der Waals surface area contributed by atoms with Crippen LogP contribution in [0.4, 0.5) is 0 Å². The molecule has 5 nitrogen and oxygen atoms in total. The number of esters is 2. The van der Waals surface area contributed by atoms with E-state index < -0.39 is 11.9 Å². The van der Waals surface area contributed by atoms with Crippen molar-refractivity contribution in [2.24, 2.45) is 0 Å². The lowest BCUT2D eigenvalue weighted by atomic mass is 9.87. The first-order valence-corrected chi connectivity index (χ1v) is 11.5. The molecule has 0 aliphatic carbocycles. The first-order chi connectivity index (χ1) is 15.7. The monoisotopic (exact) mass is 510 g/mol. The van der Waals surface area contributed by atoms with Crippen molar-refractivity contribution in [1.29, 1.82) is 0 Å². The summed E-state index contributed by atoms with van der Waals surface area (Å²) in [6.45, 7) is 6.44. The van der Waals surface area contributed by atoms with E-state index in [9.17, 15) is 9.59 Å². The third-order valence-corrected chi connectivity index (χ3v) is 5.55. The zero-order valence-corrected chi connectivity index (χ0v) is 20.6. The maximum Gasteiger partial charge on any atom is 0.349 e. The number of hydrogen-bond donors (Lipinski definition) is 0. The Hall–Kier alpha value is -3.12. The predicted octanol–water partition coefficient (Wildman–Crippen LogP) is 6.13. The molecule has 0 aromatic heterocycles. The molecular formula is C27H27BrO5. The molecule has 0 amide bonds. The smallest absolute Gasteiger partial charge is 0.349 e. The summed E-state index contributed by atoms with van der Waals surface area (Å²) in [6, 6.07) is 21.8. The molecule has 0 fully saturated rings. The van der Waals surface area contributed by atoms with E-state index in [1.807, 2.05) is 48.5 Å². The summed E-state index contributed by atoms with van der Waals surface area (Å²) in [5, 5.41) is 0. The Morgan fingerprint density at radius 3 is 2.24 bits per heavy atom. The van der Waals surface area contributed by atoms with E-state index in [2.05, 4.69) is 36.7 Å². The highest BCUT2D eigenvalue weighted by Gasteiger charge is 2.16. The SMILES string of the molecule is CC(C)(C)c1ccc(OCC(=O)Oc2ccc(C(=O)OCCc3ccccc3)cc2)c(Br)c1. The third-order valence-electron chi connectivity index (χ3n) is 4.93. The van der Waals surface area contributed by atoms with Gasteiger partial charge in [0.05, 0.1) is 16.6 Å². The van der Waals surface area contributed by atoms with Gasteiger partial charge < -0.3 is 14.2 Å². The summed E-state index contributed by atoms with van der Waals surface area (Å²) in [5.74, 6) is -0.0733. The summed E-state index contributed by atoms with van der Waals surface area (Å²) >= 11 is 3.49. The molecule has 33 heavy (non-hydrogen) atoms. The number of hydrogen-bond acceptors (Lipinski definition) is 5. The van der Waals surface area contributed by atoms with Gasteiger partial charge in [0.25, 0.3) is 0 Å². The van der Waals surface area contributed by atoms with Crippen molar-refractivity contribution in [3.05, 3.63) is 94.0 Å². The highest BCUT2D eigenvalue weighted by Crippen LogP contribution is 2.31. The fourth-order valence-electron chi connectivity index (χ4n) is 3.03. The van der Waals surface area contributed by atoms with Crippen molar-refractivity contribution in [2.45, 2.75) is 32.6 Å². The van der Waals surface area contributed by atoms with Gasteiger partial charge in [0.2, 0.25) is 0 Å². The van der Waals surface area contributed by atoms with E-state index in [0.29, 0.717) is 30.1 Å². The standard InChI is InChI=1S/C27H27BrO5/c1-27(2,3)21-11-14-24(23(28)17-21)32-18-25(29)33-22-12-9-20(10-13-22)26(30)31-16-15-19-7-5-4-6-8-19/h4-14,17H,15-16,18H2,1-3H3. The molecule has 0 aliphatic heterocycles. The van der Waals surface area contributed by atoms with Crippen LogP contribution in [-0.4, -0.2) is 25.2 Å². The number of benzene rings is 3. The Morgan fingerprint density at radius 1 is 0.909 bits per heavy atom. The first kappa shape index (κ1) is 24.5. The number of carbonyl (C=O) groups excluding carboxylic acids is 2. The summed E-state index contributed by atoms with van der Waals surface area (Å²) in [4.78, 5) is 24.4. The van der Waals surface area contributed by atoms with Crippen molar-refractivity contribution >= 4 is 27.9 Å². The van der Waals surface area contributed by atoms with E-state index in [0.717, 1.165) is 15.6 Å². The van der Waals surface area contributed by atoms with Gasteiger partial charge in [-0.3, -0.25) is 0 Å². The third kappa shape index (κ3) is 7.46. The maximum absolute atomic E-state index is 12.2. The van der Waals surface area contributed by atoms with Gasteiger partial charge in [0.1, 0.15) is 11.5 Å². The molecule has 6 heteroatoms. The number of ether oxygens (including phenoxy) is 3. The Balaban J connectivity index is 1.46. The van der Waals surface area contributed by atoms with Crippen LogP contribution in [0.3, 0.4) is 0 Å². The molecule has 0 radical (unpaired) electrons. The normalized spacial score (nSPS) is 11.0. The number of halogens is 1. The molecule has 0 spiro atoms. The largest absolute Gasteiger partial charge is 0.481 e. The lowest BCUT2D eigenvalue weighted by Gasteiger charge is -2.20. The van der Waals surface area contributed by atoms with Gasteiger partial charge in [-0.25, -0.2) is 9.59 Å². The molecule has 3 aromatic rings. The molecule has 0 bridgehead atoms. The molecular weight excluding hydrogens is 484 g/mol. The van der Waals surface area contributed by atoms with Gasteiger partial charge in [0.15, 0.2) is 6.61 Å². The van der Waals surface area contributed by atoms with Crippen LogP contribution in [0, 0.1) is 0 Å². The average molecular weight is 511 g/mol. The molecule has 0 unspecified atom stereocenters. The summed E-state index contributed by atoms with van der Waals surface area (Å²) < 4.78 is 17.0. The van der Waals surface area contributed by atoms with E-state index >= 15 is 0 Å². The van der Waals surface area contributed by atoms with E-state index in [1.165, 1.54) is 0 Å². The second-order valence-electron chi connectivity index (χ2n) is 8.55. The van der Waals surface area contributed by atoms with E-state index in [-0.39, 0.29) is 12.0 Å². The van der Waals surface area contributed by atoms with Crippen LogP contribution in [0.5, 0.6) is 11.5 Å². The van der Waals surface area contributed by atoms with Gasteiger partial charge in [-0.1, -0.05) is 57.2 Å². The van der Waals surface area contributed by atoms with Gasteiger partial charge in [-0.2, -0.15) is 0 Å². The molecule has 172 valence electrons. The lowest BCUT2D eigenvalue weighted by molar-refractivity contribution is -0.136. The molecule has 0 aliphatic rings. The molecule has 0 heterocycles. The van der Waals surface area contributed by atoms with Crippen LogP contribution < -0.4 is 9.47 Å². The Morgan fingerprint density at radius 2 is 1.61 bits per heavy atom. The minimum atomic E-state index is -0.542. The Bertz CT molecular complexity index is 1090. The Kier molecular flexibility index (Phi) is 8.28. The van der Waals surface area contributed by atoms with E-state index in [1.54, 1.807) is 24.3 Å². The quantitative estimate of drug-likeness (QED) is 0.269. The van der Waals surface area contributed by atoms with Gasteiger partial charge in [0, 0.05) is 6.42 Å². The van der Waals surface area contributed by atoms with Crippen LogP contribution in [0.25, 0.3) is 0 Å². The highest BCUT2D eigenvalue weighted by molar-refractivity contribution is 9.10. The minimum Gasteiger partial charge on any atom is -0.481 e. The van der Waals surface area contributed by atoms with Crippen LogP contribution in [0.2, 0.25) is 0 Å². The predicted molar refractivity (Wildman–Crippen MR) is 131 cm³/mol. The molecule has 3 rings (SSSR count). The van der Waals surface area contributed by atoms with E-state index in [4.69, 9.17) is 14.2 Å².